The summed E-state index contributed by atoms with van der Waals surface area (Å²) in [4.78, 5) is 14.7. The number of hydrogen-bond donors (Lipinski definition) is 1. The lowest BCUT2D eigenvalue weighted by molar-refractivity contribution is -0.138. The van der Waals surface area contributed by atoms with Crippen molar-refractivity contribution in [3.8, 4) is 0 Å². The molecule has 3 nitrogen and oxygen atoms in total. The van der Waals surface area contributed by atoms with Crippen LogP contribution < -0.4 is 0 Å². The normalized spacial score (nSPS) is 11.2. The Labute approximate surface area is 77.4 Å². The molecule has 0 saturated heterocycles. The summed E-state index contributed by atoms with van der Waals surface area (Å²) in [5.41, 5.74) is 0.421. The van der Waals surface area contributed by atoms with Gasteiger partial charge in [-0.2, -0.15) is 0 Å². The third kappa shape index (κ3) is 2.54. The highest BCUT2D eigenvalue weighted by Crippen LogP contribution is 2.24. The summed E-state index contributed by atoms with van der Waals surface area (Å²) in [7, 11) is 0. The maximum absolute atomic E-state index is 10.6. The lowest BCUT2D eigenvalue weighted by Gasteiger charge is -2.21. The highest BCUT2D eigenvalue weighted by atomic mass is 16.4. The van der Waals surface area contributed by atoms with Gasteiger partial charge in [0.1, 0.15) is 0 Å². The lowest BCUT2D eigenvalue weighted by atomic mass is 9.85. The first-order chi connectivity index (χ1) is 6.02. The minimum atomic E-state index is -0.796. The summed E-state index contributed by atoms with van der Waals surface area (Å²) in [5.74, 6) is -0.796. The molecule has 0 unspecified atom stereocenters. The number of rotatable bonds is 3. The highest BCUT2D eigenvalue weighted by molar-refractivity contribution is 5.68. The number of hydrogen-bond acceptors (Lipinski definition) is 2. The third-order valence-corrected chi connectivity index (χ3v) is 1.95. The molecule has 0 spiro atoms. The third-order valence-electron chi connectivity index (χ3n) is 1.95. The van der Waals surface area contributed by atoms with Crippen LogP contribution in [-0.2, 0) is 10.2 Å². The fourth-order valence-electron chi connectivity index (χ4n) is 1.23. The molecule has 0 saturated carbocycles. The first-order valence-electron chi connectivity index (χ1n) is 4.16. The molecule has 1 rings (SSSR count). The minimum absolute atomic E-state index is 0.101. The van der Waals surface area contributed by atoms with Crippen LogP contribution in [0.5, 0.6) is 0 Å². The lowest BCUT2D eigenvalue weighted by Crippen LogP contribution is -2.22. The first-order valence-corrected chi connectivity index (χ1v) is 4.16. The van der Waals surface area contributed by atoms with Gasteiger partial charge in [0, 0.05) is 17.3 Å². The molecule has 0 fully saturated rings. The molecule has 0 aliphatic carbocycles. The number of carbonyl (C=O) groups is 1. The molecule has 70 valence electrons. The molecular weight excluding hydrogens is 166 g/mol. The fourth-order valence-corrected chi connectivity index (χ4v) is 1.23. The van der Waals surface area contributed by atoms with Crippen LogP contribution in [0.4, 0.5) is 0 Å². The predicted molar refractivity (Wildman–Crippen MR) is 49.5 cm³/mol. The summed E-state index contributed by atoms with van der Waals surface area (Å²) in [6.07, 6.45) is 1.78. The van der Waals surface area contributed by atoms with Gasteiger partial charge in [-0.25, -0.2) is 0 Å². The monoisotopic (exact) mass is 179 g/mol. The molecule has 13 heavy (non-hydrogen) atoms. The van der Waals surface area contributed by atoms with E-state index in [1.54, 1.807) is 6.20 Å². The van der Waals surface area contributed by atoms with E-state index in [0.717, 1.165) is 5.69 Å². The molecule has 0 aliphatic heterocycles. The molecule has 0 atom stereocenters. The SMILES string of the molecule is CC(C)(CC(=O)O)c1ccccn1. The number of pyridine rings is 1. The Kier molecular flexibility index (Phi) is 2.66. The number of carboxylic acid groups (broad SMARTS) is 1. The molecule has 0 amide bonds. The zero-order valence-corrected chi connectivity index (χ0v) is 7.82. The maximum Gasteiger partial charge on any atom is 0.304 e. The van der Waals surface area contributed by atoms with E-state index >= 15 is 0 Å². The molecular formula is C10H13NO2. The number of carboxylic acids is 1. The van der Waals surface area contributed by atoms with E-state index in [0.29, 0.717) is 0 Å². The Balaban J connectivity index is 2.87. The molecule has 3 heteroatoms. The summed E-state index contributed by atoms with van der Waals surface area (Å²) in [6.45, 7) is 3.76. The van der Waals surface area contributed by atoms with Gasteiger partial charge >= 0.3 is 5.97 Å². The van der Waals surface area contributed by atoms with E-state index in [1.807, 2.05) is 32.0 Å². The molecule has 1 heterocycles. The summed E-state index contributed by atoms with van der Waals surface area (Å²) >= 11 is 0. The Hall–Kier alpha value is -1.38. The second kappa shape index (κ2) is 3.56. The van der Waals surface area contributed by atoms with Gasteiger partial charge in [0.25, 0.3) is 0 Å². The zero-order valence-electron chi connectivity index (χ0n) is 7.82. The van der Waals surface area contributed by atoms with Gasteiger partial charge in [-0.05, 0) is 12.1 Å². The van der Waals surface area contributed by atoms with Crippen LogP contribution in [0.25, 0.3) is 0 Å². The predicted octanol–water partition coefficient (Wildman–Crippen LogP) is 1.83. The Morgan fingerprint density at radius 1 is 1.54 bits per heavy atom. The zero-order chi connectivity index (χ0) is 9.90. The van der Waals surface area contributed by atoms with Crippen LogP contribution in [0, 0.1) is 0 Å². The molecule has 1 N–H and O–H groups in total. The second-order valence-corrected chi connectivity index (χ2v) is 3.67. The van der Waals surface area contributed by atoms with Crippen LogP contribution in [0.15, 0.2) is 24.4 Å². The topological polar surface area (TPSA) is 50.2 Å². The average molecular weight is 179 g/mol. The van der Waals surface area contributed by atoms with Gasteiger partial charge in [-0.1, -0.05) is 19.9 Å². The standard InChI is InChI=1S/C10H13NO2/c1-10(2,7-9(12)13)8-5-3-4-6-11-8/h3-6H,7H2,1-2H3,(H,12,13). The van der Waals surface area contributed by atoms with Crippen molar-refractivity contribution in [2.45, 2.75) is 25.7 Å². The van der Waals surface area contributed by atoms with E-state index in [1.165, 1.54) is 0 Å². The van der Waals surface area contributed by atoms with Gasteiger partial charge in [-0.15, -0.1) is 0 Å². The molecule has 0 radical (unpaired) electrons. The fraction of sp³-hybridized carbons (Fsp3) is 0.400. The van der Waals surface area contributed by atoms with Crippen molar-refractivity contribution in [2.75, 3.05) is 0 Å². The van der Waals surface area contributed by atoms with E-state index in [9.17, 15) is 4.79 Å². The van der Waals surface area contributed by atoms with Gasteiger partial charge < -0.3 is 5.11 Å². The van der Waals surface area contributed by atoms with Gasteiger partial charge in [0.15, 0.2) is 0 Å². The van der Waals surface area contributed by atoms with Crippen LogP contribution in [0.3, 0.4) is 0 Å². The Bertz CT molecular complexity index is 293. The van der Waals surface area contributed by atoms with E-state index in [4.69, 9.17) is 5.11 Å². The summed E-state index contributed by atoms with van der Waals surface area (Å²) in [6, 6.07) is 5.54. The average Bonchev–Trinajstić information content (AvgIpc) is 2.04. The van der Waals surface area contributed by atoms with Crippen molar-refractivity contribution in [1.29, 1.82) is 0 Å². The Morgan fingerprint density at radius 2 is 2.23 bits per heavy atom. The summed E-state index contributed by atoms with van der Waals surface area (Å²) in [5, 5.41) is 8.68. The van der Waals surface area contributed by atoms with Crippen molar-refractivity contribution in [1.82, 2.24) is 4.98 Å². The largest absolute Gasteiger partial charge is 0.481 e. The molecule has 0 aliphatic rings. The van der Waals surface area contributed by atoms with Gasteiger partial charge in [0.2, 0.25) is 0 Å². The van der Waals surface area contributed by atoms with Crippen molar-refractivity contribution < 1.29 is 9.90 Å². The smallest absolute Gasteiger partial charge is 0.304 e. The van der Waals surface area contributed by atoms with Crippen molar-refractivity contribution in [3.05, 3.63) is 30.1 Å². The number of nitrogens with zero attached hydrogens (tertiary/aromatic N) is 1. The maximum atomic E-state index is 10.6. The van der Waals surface area contributed by atoms with Crippen molar-refractivity contribution >= 4 is 5.97 Å². The number of aliphatic carboxylic acids is 1. The van der Waals surface area contributed by atoms with Crippen LogP contribution >= 0.6 is 0 Å². The van der Waals surface area contributed by atoms with Crippen LogP contribution in [0.1, 0.15) is 26.0 Å². The van der Waals surface area contributed by atoms with Gasteiger partial charge in [-0.3, -0.25) is 9.78 Å². The van der Waals surface area contributed by atoms with E-state index < -0.39 is 11.4 Å². The van der Waals surface area contributed by atoms with Crippen molar-refractivity contribution in [3.63, 3.8) is 0 Å². The molecule has 1 aromatic heterocycles. The second-order valence-electron chi connectivity index (χ2n) is 3.67. The Morgan fingerprint density at radius 3 is 2.69 bits per heavy atom. The van der Waals surface area contributed by atoms with Crippen LogP contribution in [0.2, 0.25) is 0 Å². The highest BCUT2D eigenvalue weighted by Gasteiger charge is 2.24. The van der Waals surface area contributed by atoms with Crippen LogP contribution in [-0.4, -0.2) is 16.1 Å². The molecule has 0 bridgehead atoms. The van der Waals surface area contributed by atoms with E-state index in [-0.39, 0.29) is 6.42 Å². The minimum Gasteiger partial charge on any atom is -0.481 e. The quantitative estimate of drug-likeness (QED) is 0.770. The van der Waals surface area contributed by atoms with E-state index in [2.05, 4.69) is 4.98 Å². The molecule has 1 aromatic rings. The molecule has 0 aromatic carbocycles. The number of aromatic nitrogens is 1. The first kappa shape index (κ1) is 9.71. The summed E-state index contributed by atoms with van der Waals surface area (Å²) < 4.78 is 0. The van der Waals surface area contributed by atoms with Crippen molar-refractivity contribution in [2.24, 2.45) is 0 Å². The van der Waals surface area contributed by atoms with Gasteiger partial charge in [0.05, 0.1) is 6.42 Å².